The molecule has 0 N–H and O–H groups in total. The SMILES string of the molecule is Clc1cc(Br)[c]cc1I. The molecule has 1 aromatic rings. The molecule has 0 atom stereocenters. The van der Waals surface area contributed by atoms with Crippen LogP contribution >= 0.6 is 50.1 Å². The fourth-order valence-corrected chi connectivity index (χ4v) is 1.37. The highest BCUT2D eigenvalue weighted by Crippen LogP contribution is 2.21. The number of hydrogen-bond donors (Lipinski definition) is 0. The molecule has 1 radical (unpaired) electrons. The van der Waals surface area contributed by atoms with E-state index < -0.39 is 0 Å². The van der Waals surface area contributed by atoms with Crippen LogP contribution in [-0.2, 0) is 0 Å². The first kappa shape index (κ1) is 7.82. The Hall–Kier alpha value is 0.720. The van der Waals surface area contributed by atoms with Crippen LogP contribution in [0.15, 0.2) is 16.6 Å². The van der Waals surface area contributed by atoms with Gasteiger partial charge in [-0.2, -0.15) is 0 Å². The summed E-state index contributed by atoms with van der Waals surface area (Å²) < 4.78 is 1.92. The van der Waals surface area contributed by atoms with Crippen molar-refractivity contribution >= 4 is 50.1 Å². The van der Waals surface area contributed by atoms with E-state index >= 15 is 0 Å². The first-order valence-corrected chi connectivity index (χ1v) is 4.47. The smallest absolute Gasteiger partial charge is 0.0551 e. The van der Waals surface area contributed by atoms with E-state index in [0.717, 1.165) is 13.1 Å². The molecule has 0 aliphatic heterocycles. The molecule has 0 heterocycles. The highest BCUT2D eigenvalue weighted by Gasteiger charge is 1.94. The van der Waals surface area contributed by atoms with Gasteiger partial charge < -0.3 is 0 Å². The molecule has 0 fully saturated rings. The molecular weight excluding hydrogens is 314 g/mol. The van der Waals surface area contributed by atoms with Gasteiger partial charge in [0, 0.05) is 8.04 Å². The van der Waals surface area contributed by atoms with Crippen molar-refractivity contribution in [2.75, 3.05) is 0 Å². The lowest BCUT2D eigenvalue weighted by Gasteiger charge is -1.92. The lowest BCUT2D eigenvalue weighted by molar-refractivity contribution is 1.58. The quantitative estimate of drug-likeness (QED) is 0.507. The van der Waals surface area contributed by atoms with E-state index in [-0.39, 0.29) is 0 Å². The topological polar surface area (TPSA) is 0 Å². The predicted molar refractivity (Wildman–Crippen MR) is 50.7 cm³/mol. The summed E-state index contributed by atoms with van der Waals surface area (Å²) in [6.07, 6.45) is 0. The fourth-order valence-electron chi connectivity index (χ4n) is 0.423. The van der Waals surface area contributed by atoms with Crippen molar-refractivity contribution in [3.05, 3.63) is 31.3 Å². The lowest BCUT2D eigenvalue weighted by Crippen LogP contribution is -1.72. The summed E-state index contributed by atoms with van der Waals surface area (Å²) in [6.45, 7) is 0. The Labute approximate surface area is 80.9 Å². The molecule has 3 heteroatoms. The van der Waals surface area contributed by atoms with Gasteiger partial charge in [-0.25, -0.2) is 0 Å². The van der Waals surface area contributed by atoms with E-state index in [9.17, 15) is 0 Å². The Morgan fingerprint density at radius 3 is 2.78 bits per heavy atom. The van der Waals surface area contributed by atoms with Crippen LogP contribution in [0, 0.1) is 9.64 Å². The van der Waals surface area contributed by atoms with Crippen LogP contribution in [0.25, 0.3) is 0 Å². The standard InChI is InChI=1S/C6H2BrClI/c7-4-1-2-6(9)5(8)3-4/h2-3H. The van der Waals surface area contributed by atoms with Crippen LogP contribution < -0.4 is 0 Å². The monoisotopic (exact) mass is 315 g/mol. The second-order valence-corrected chi connectivity index (χ2v) is 3.90. The van der Waals surface area contributed by atoms with Crippen molar-refractivity contribution in [1.82, 2.24) is 0 Å². The second kappa shape index (κ2) is 3.21. The van der Waals surface area contributed by atoms with Crippen molar-refractivity contribution in [2.24, 2.45) is 0 Å². The molecular formula is C6H2BrClI. The maximum atomic E-state index is 5.76. The summed E-state index contributed by atoms with van der Waals surface area (Å²) in [7, 11) is 0. The Balaban J connectivity index is 3.17. The zero-order valence-electron chi connectivity index (χ0n) is 4.29. The zero-order chi connectivity index (χ0) is 6.85. The van der Waals surface area contributed by atoms with Gasteiger partial charge in [0.05, 0.1) is 5.02 Å². The molecule has 1 rings (SSSR count). The van der Waals surface area contributed by atoms with Gasteiger partial charge in [-0.15, -0.1) is 0 Å². The third kappa shape index (κ3) is 2.09. The summed E-state index contributed by atoms with van der Waals surface area (Å²) in [5.74, 6) is 0. The summed E-state index contributed by atoms with van der Waals surface area (Å²) in [4.78, 5) is 0. The van der Waals surface area contributed by atoms with Gasteiger partial charge >= 0.3 is 0 Å². The van der Waals surface area contributed by atoms with Crippen molar-refractivity contribution < 1.29 is 0 Å². The minimum atomic E-state index is 0.765. The van der Waals surface area contributed by atoms with Crippen molar-refractivity contribution in [1.29, 1.82) is 0 Å². The van der Waals surface area contributed by atoms with Gasteiger partial charge in [0.2, 0.25) is 0 Å². The van der Waals surface area contributed by atoms with E-state index in [4.69, 9.17) is 11.6 Å². The highest BCUT2D eigenvalue weighted by molar-refractivity contribution is 14.1. The van der Waals surface area contributed by atoms with Gasteiger partial charge in [-0.05, 0) is 40.8 Å². The Kier molecular flexibility index (Phi) is 2.79. The molecule has 0 aliphatic rings. The number of benzene rings is 1. The molecule has 47 valence electrons. The molecule has 0 aromatic heterocycles. The first-order valence-electron chi connectivity index (χ1n) is 2.22. The predicted octanol–water partition coefficient (Wildman–Crippen LogP) is 3.51. The third-order valence-corrected chi connectivity index (χ3v) is 2.80. The molecule has 0 saturated heterocycles. The highest BCUT2D eigenvalue weighted by atomic mass is 127. The fraction of sp³-hybridized carbons (Fsp3) is 0. The molecule has 0 bridgehead atoms. The largest absolute Gasteiger partial charge is 0.0831 e. The average Bonchev–Trinajstić information content (AvgIpc) is 1.80. The Bertz CT molecular complexity index is 224. The van der Waals surface area contributed by atoms with E-state index in [1.807, 2.05) is 12.1 Å². The summed E-state index contributed by atoms with van der Waals surface area (Å²) >= 11 is 11.2. The summed E-state index contributed by atoms with van der Waals surface area (Å²) in [6, 6.07) is 6.63. The molecule has 1 aromatic carbocycles. The van der Waals surface area contributed by atoms with Gasteiger partial charge in [0.15, 0.2) is 0 Å². The van der Waals surface area contributed by atoms with Crippen LogP contribution in [0.2, 0.25) is 5.02 Å². The van der Waals surface area contributed by atoms with E-state index in [0.29, 0.717) is 0 Å². The van der Waals surface area contributed by atoms with Crippen LogP contribution in [0.5, 0.6) is 0 Å². The Morgan fingerprint density at radius 1 is 1.67 bits per heavy atom. The third-order valence-electron chi connectivity index (χ3n) is 0.818. The molecule has 9 heavy (non-hydrogen) atoms. The first-order chi connectivity index (χ1) is 4.20. The van der Waals surface area contributed by atoms with Gasteiger partial charge in [-0.3, -0.25) is 0 Å². The van der Waals surface area contributed by atoms with Crippen LogP contribution in [0.1, 0.15) is 0 Å². The second-order valence-electron chi connectivity index (χ2n) is 1.48. The zero-order valence-corrected chi connectivity index (χ0v) is 8.79. The van der Waals surface area contributed by atoms with Crippen molar-refractivity contribution in [2.45, 2.75) is 0 Å². The van der Waals surface area contributed by atoms with Gasteiger partial charge in [0.25, 0.3) is 0 Å². The normalized spacial score (nSPS) is 9.67. The van der Waals surface area contributed by atoms with Gasteiger partial charge in [-0.1, -0.05) is 27.5 Å². The van der Waals surface area contributed by atoms with Crippen molar-refractivity contribution in [3.63, 3.8) is 0 Å². The van der Waals surface area contributed by atoms with E-state index in [1.165, 1.54) is 0 Å². The minimum absolute atomic E-state index is 0.765. The maximum Gasteiger partial charge on any atom is 0.0551 e. The van der Waals surface area contributed by atoms with E-state index in [2.05, 4.69) is 44.6 Å². The van der Waals surface area contributed by atoms with E-state index in [1.54, 1.807) is 0 Å². The number of hydrogen-bond acceptors (Lipinski definition) is 0. The molecule has 0 unspecified atom stereocenters. The maximum absolute atomic E-state index is 5.76. The minimum Gasteiger partial charge on any atom is -0.0831 e. The molecule has 0 amide bonds. The van der Waals surface area contributed by atoms with Crippen LogP contribution in [0.3, 0.4) is 0 Å². The molecule has 0 nitrogen and oxygen atoms in total. The lowest BCUT2D eigenvalue weighted by atomic mass is 10.4. The van der Waals surface area contributed by atoms with Crippen molar-refractivity contribution in [3.8, 4) is 0 Å². The molecule has 0 spiro atoms. The average molecular weight is 316 g/mol. The van der Waals surface area contributed by atoms with Gasteiger partial charge in [0.1, 0.15) is 0 Å². The molecule has 0 aliphatic carbocycles. The molecule has 0 saturated carbocycles. The Morgan fingerprint density at radius 2 is 2.33 bits per heavy atom. The van der Waals surface area contributed by atoms with Crippen LogP contribution in [0.4, 0.5) is 0 Å². The summed E-state index contributed by atoms with van der Waals surface area (Å²) in [5.41, 5.74) is 0. The van der Waals surface area contributed by atoms with Crippen LogP contribution in [-0.4, -0.2) is 0 Å². The number of rotatable bonds is 0. The number of halogens is 3. The summed E-state index contributed by atoms with van der Waals surface area (Å²) in [5, 5.41) is 0.765.